The lowest BCUT2D eigenvalue weighted by Crippen LogP contribution is -2.43. The molecule has 2 rings (SSSR count). The van der Waals surface area contributed by atoms with Crippen LogP contribution in [0.25, 0.3) is 0 Å². The van der Waals surface area contributed by atoms with E-state index < -0.39 is 0 Å². The van der Waals surface area contributed by atoms with E-state index in [4.69, 9.17) is 11.6 Å². The first-order valence-corrected chi connectivity index (χ1v) is 8.80. The molecular formula is C16H23ClIN3S. The summed E-state index contributed by atoms with van der Waals surface area (Å²) in [5, 5.41) is 8.00. The third-order valence-corrected chi connectivity index (χ3v) is 4.78. The van der Waals surface area contributed by atoms with Crippen LogP contribution in [0.4, 0.5) is 0 Å². The van der Waals surface area contributed by atoms with Gasteiger partial charge in [-0.15, -0.1) is 24.0 Å². The molecule has 1 atom stereocenters. The zero-order valence-corrected chi connectivity index (χ0v) is 16.8. The summed E-state index contributed by atoms with van der Waals surface area (Å²) in [6, 6.07) is 8.52. The van der Waals surface area contributed by atoms with Gasteiger partial charge in [0.15, 0.2) is 5.96 Å². The number of thioether (sulfide) groups is 1. The number of guanidine groups is 1. The van der Waals surface area contributed by atoms with Gasteiger partial charge in [0, 0.05) is 29.9 Å². The van der Waals surface area contributed by atoms with Crippen molar-refractivity contribution in [2.45, 2.75) is 24.1 Å². The second-order valence-electron chi connectivity index (χ2n) is 5.02. The highest BCUT2D eigenvalue weighted by Gasteiger charge is 2.14. The Hall–Kier alpha value is -0.400. The van der Waals surface area contributed by atoms with E-state index >= 15 is 0 Å². The van der Waals surface area contributed by atoms with E-state index in [1.54, 1.807) is 0 Å². The SMILES string of the molecule is CN=C(NCC(SC)c1cccc(Cl)c1)NC1CC=CC1.I. The molecule has 0 saturated heterocycles. The van der Waals surface area contributed by atoms with Crippen LogP contribution < -0.4 is 10.6 Å². The van der Waals surface area contributed by atoms with Crippen molar-refractivity contribution < 1.29 is 0 Å². The molecule has 2 N–H and O–H groups in total. The van der Waals surface area contributed by atoms with Gasteiger partial charge in [-0.05, 0) is 36.8 Å². The molecule has 1 aliphatic rings. The number of hydrogen-bond donors (Lipinski definition) is 2. The second-order valence-corrected chi connectivity index (χ2v) is 6.49. The molecule has 22 heavy (non-hydrogen) atoms. The maximum absolute atomic E-state index is 6.08. The molecule has 1 unspecified atom stereocenters. The average Bonchev–Trinajstić information content (AvgIpc) is 2.99. The van der Waals surface area contributed by atoms with Crippen molar-refractivity contribution >= 4 is 53.3 Å². The number of nitrogens with zero attached hydrogens (tertiary/aromatic N) is 1. The molecule has 3 nitrogen and oxygen atoms in total. The molecule has 122 valence electrons. The Labute approximate surface area is 159 Å². The van der Waals surface area contributed by atoms with Gasteiger partial charge in [0.05, 0.1) is 0 Å². The molecule has 0 spiro atoms. The summed E-state index contributed by atoms with van der Waals surface area (Å²) in [4.78, 5) is 4.30. The fraction of sp³-hybridized carbons (Fsp3) is 0.438. The largest absolute Gasteiger partial charge is 0.355 e. The number of aliphatic imine (C=N–C) groups is 1. The molecule has 1 aromatic rings. The van der Waals surface area contributed by atoms with Crippen LogP contribution in [0, 0.1) is 0 Å². The first kappa shape index (κ1) is 19.6. The molecule has 0 aromatic heterocycles. The van der Waals surface area contributed by atoms with E-state index in [0.29, 0.717) is 11.3 Å². The molecule has 0 heterocycles. The summed E-state index contributed by atoms with van der Waals surface area (Å²) < 4.78 is 0. The molecular weight excluding hydrogens is 429 g/mol. The van der Waals surface area contributed by atoms with Gasteiger partial charge < -0.3 is 10.6 Å². The maximum Gasteiger partial charge on any atom is 0.191 e. The molecule has 0 amide bonds. The summed E-state index contributed by atoms with van der Waals surface area (Å²) in [6.45, 7) is 0.821. The number of rotatable bonds is 5. The average molecular weight is 452 g/mol. The van der Waals surface area contributed by atoms with Gasteiger partial charge in [-0.2, -0.15) is 11.8 Å². The van der Waals surface area contributed by atoms with Crippen LogP contribution >= 0.6 is 47.3 Å². The van der Waals surface area contributed by atoms with Crippen LogP contribution in [0.15, 0.2) is 41.4 Å². The lowest BCUT2D eigenvalue weighted by atomic mass is 10.1. The van der Waals surface area contributed by atoms with Crippen LogP contribution in [0.3, 0.4) is 0 Å². The predicted octanol–water partition coefficient (Wildman–Crippen LogP) is 4.25. The minimum absolute atomic E-state index is 0. The van der Waals surface area contributed by atoms with Crippen LogP contribution in [0.5, 0.6) is 0 Å². The van der Waals surface area contributed by atoms with E-state index in [9.17, 15) is 0 Å². The standard InChI is InChI=1S/C16H22ClN3S.HI/c1-18-16(20-14-8-3-4-9-14)19-11-15(21-2)12-6-5-7-13(17)10-12;/h3-7,10,14-15H,8-9,11H2,1-2H3,(H2,18,19,20);1H. The highest BCUT2D eigenvalue weighted by Crippen LogP contribution is 2.27. The van der Waals surface area contributed by atoms with Crippen LogP contribution in [-0.4, -0.2) is 31.8 Å². The van der Waals surface area contributed by atoms with Crippen molar-refractivity contribution in [2.75, 3.05) is 19.8 Å². The van der Waals surface area contributed by atoms with Gasteiger partial charge >= 0.3 is 0 Å². The molecule has 0 saturated carbocycles. The zero-order valence-electron chi connectivity index (χ0n) is 12.9. The van der Waals surface area contributed by atoms with Crippen molar-refractivity contribution in [3.8, 4) is 0 Å². The molecule has 6 heteroatoms. The van der Waals surface area contributed by atoms with Gasteiger partial charge in [0.1, 0.15) is 0 Å². The van der Waals surface area contributed by atoms with E-state index in [2.05, 4.69) is 40.1 Å². The normalized spacial score (nSPS) is 16.2. The summed E-state index contributed by atoms with van der Waals surface area (Å²) in [6.07, 6.45) is 8.68. The second kappa shape index (κ2) is 10.4. The first-order chi connectivity index (χ1) is 10.2. The molecule has 0 radical (unpaired) electrons. The Kier molecular flexibility index (Phi) is 9.28. The minimum Gasteiger partial charge on any atom is -0.355 e. The molecule has 1 aromatic carbocycles. The topological polar surface area (TPSA) is 36.4 Å². The number of nitrogens with one attached hydrogen (secondary N) is 2. The number of benzene rings is 1. The van der Waals surface area contributed by atoms with Gasteiger partial charge in [0.25, 0.3) is 0 Å². The van der Waals surface area contributed by atoms with Gasteiger partial charge in [-0.1, -0.05) is 35.9 Å². The quantitative estimate of drug-likeness (QED) is 0.304. The maximum atomic E-state index is 6.08. The summed E-state index contributed by atoms with van der Waals surface area (Å²) in [5.74, 6) is 0.866. The van der Waals surface area contributed by atoms with Gasteiger partial charge in [-0.25, -0.2) is 0 Å². The van der Waals surface area contributed by atoms with Crippen LogP contribution in [-0.2, 0) is 0 Å². The highest BCUT2D eigenvalue weighted by molar-refractivity contribution is 14.0. The number of hydrogen-bond acceptors (Lipinski definition) is 2. The lowest BCUT2D eigenvalue weighted by molar-refractivity contribution is 0.632. The van der Waals surface area contributed by atoms with Gasteiger partial charge in [-0.3, -0.25) is 4.99 Å². The fourth-order valence-electron chi connectivity index (χ4n) is 2.36. The van der Waals surface area contributed by atoms with Crippen LogP contribution in [0.1, 0.15) is 23.7 Å². The Balaban J connectivity index is 0.00000242. The Bertz CT molecular complexity index is 514. The Morgan fingerprint density at radius 3 is 2.73 bits per heavy atom. The Morgan fingerprint density at radius 1 is 1.41 bits per heavy atom. The molecule has 0 fully saturated rings. The van der Waals surface area contributed by atoms with E-state index in [1.807, 2.05) is 37.0 Å². The predicted molar refractivity (Wildman–Crippen MR) is 110 cm³/mol. The smallest absolute Gasteiger partial charge is 0.191 e. The third kappa shape index (κ3) is 6.01. The van der Waals surface area contributed by atoms with Crippen molar-refractivity contribution in [1.29, 1.82) is 0 Å². The summed E-state index contributed by atoms with van der Waals surface area (Å²) in [7, 11) is 1.81. The summed E-state index contributed by atoms with van der Waals surface area (Å²) in [5.41, 5.74) is 1.24. The highest BCUT2D eigenvalue weighted by atomic mass is 127. The number of halogens is 2. The molecule has 0 aliphatic heterocycles. The Morgan fingerprint density at radius 2 is 2.14 bits per heavy atom. The molecule has 1 aliphatic carbocycles. The van der Waals surface area contributed by atoms with E-state index in [0.717, 1.165) is 30.4 Å². The first-order valence-electron chi connectivity index (χ1n) is 7.13. The van der Waals surface area contributed by atoms with E-state index in [-0.39, 0.29) is 24.0 Å². The zero-order chi connectivity index (χ0) is 15.1. The minimum atomic E-state index is 0. The van der Waals surface area contributed by atoms with Gasteiger partial charge in [0.2, 0.25) is 0 Å². The third-order valence-electron chi connectivity index (χ3n) is 3.53. The summed E-state index contributed by atoms with van der Waals surface area (Å²) >= 11 is 7.89. The van der Waals surface area contributed by atoms with Crippen molar-refractivity contribution in [1.82, 2.24) is 10.6 Å². The monoisotopic (exact) mass is 451 g/mol. The van der Waals surface area contributed by atoms with Crippen molar-refractivity contribution in [3.05, 3.63) is 47.0 Å². The molecule has 0 bridgehead atoms. The lowest BCUT2D eigenvalue weighted by Gasteiger charge is -2.20. The van der Waals surface area contributed by atoms with E-state index in [1.165, 1.54) is 5.56 Å². The van der Waals surface area contributed by atoms with Crippen molar-refractivity contribution in [2.24, 2.45) is 4.99 Å². The van der Waals surface area contributed by atoms with Crippen molar-refractivity contribution in [3.63, 3.8) is 0 Å². The fourth-order valence-corrected chi connectivity index (χ4v) is 3.22. The van der Waals surface area contributed by atoms with Crippen LogP contribution in [0.2, 0.25) is 5.02 Å².